The number of carbonyl (C=O) groups excluding carboxylic acids is 1. The first-order valence-electron chi connectivity index (χ1n) is 20.7. The minimum Gasteiger partial charge on any atom is -0.461 e. The number of aromatic amines is 3. The lowest BCUT2D eigenvalue weighted by Crippen LogP contribution is -2.20. The lowest BCUT2D eigenvalue weighted by atomic mass is 9.73. The molecule has 8 aromatic rings. The molecule has 3 N–H and O–H groups in total. The van der Waals surface area contributed by atoms with Crippen molar-refractivity contribution < 1.29 is 9.53 Å². The van der Waals surface area contributed by atoms with E-state index in [1.807, 2.05) is 25.3 Å². The van der Waals surface area contributed by atoms with Gasteiger partial charge in [-0.25, -0.2) is 9.78 Å². The lowest BCUT2D eigenvalue weighted by Gasteiger charge is -2.28. The van der Waals surface area contributed by atoms with Crippen molar-refractivity contribution in [1.82, 2.24) is 24.9 Å². The number of carbonyl (C=O) groups is 1. The number of benzene rings is 4. The van der Waals surface area contributed by atoms with Crippen LogP contribution in [0.5, 0.6) is 0 Å². The fraction of sp³-hybridized carbons (Fsp3) is 0.113. The molecule has 3 aliphatic rings. The highest BCUT2D eigenvalue weighted by atomic mass is 16.5. The van der Waals surface area contributed by atoms with Gasteiger partial charge in [-0.05, 0) is 89.6 Å². The molecule has 7 heteroatoms. The van der Waals surface area contributed by atoms with Crippen molar-refractivity contribution in [2.45, 2.75) is 31.6 Å². The molecule has 6 heterocycles. The van der Waals surface area contributed by atoms with E-state index in [1.54, 1.807) is 0 Å². The van der Waals surface area contributed by atoms with E-state index in [1.165, 1.54) is 0 Å². The first-order chi connectivity index (χ1) is 29.6. The number of esters is 1. The smallest absolute Gasteiger partial charge is 0.355 e. The van der Waals surface area contributed by atoms with Crippen LogP contribution in [0.15, 0.2) is 152 Å². The van der Waals surface area contributed by atoms with E-state index >= 15 is 0 Å². The van der Waals surface area contributed by atoms with Crippen molar-refractivity contribution in [1.29, 1.82) is 0 Å². The predicted octanol–water partition coefficient (Wildman–Crippen LogP) is 12.3. The molecular formula is C53H41N5O2. The molecule has 4 aromatic heterocycles. The maximum absolute atomic E-state index is 13.4. The third-order valence-electron chi connectivity index (χ3n) is 12.2. The van der Waals surface area contributed by atoms with Crippen LogP contribution in [0, 0.1) is 0 Å². The zero-order valence-corrected chi connectivity index (χ0v) is 33.1. The van der Waals surface area contributed by atoms with Crippen molar-refractivity contribution in [3.05, 3.63) is 191 Å². The summed E-state index contributed by atoms with van der Waals surface area (Å²) in [4.78, 5) is 35.8. The highest BCUT2D eigenvalue weighted by Crippen LogP contribution is 2.52. The summed E-state index contributed by atoms with van der Waals surface area (Å²) in [5, 5.41) is 0. The zero-order chi connectivity index (χ0) is 40.2. The maximum Gasteiger partial charge on any atom is 0.355 e. The molecule has 0 fully saturated rings. The first-order valence-corrected chi connectivity index (χ1v) is 20.7. The number of H-pyrrole nitrogens is 3. The molecule has 0 amide bonds. The Labute approximate surface area is 347 Å². The number of hydrogen-bond acceptors (Lipinski definition) is 4. The van der Waals surface area contributed by atoms with Gasteiger partial charge in [0.2, 0.25) is 0 Å². The molecule has 2 aliphatic heterocycles. The van der Waals surface area contributed by atoms with Crippen molar-refractivity contribution in [3.63, 3.8) is 0 Å². The van der Waals surface area contributed by atoms with E-state index < -0.39 is 0 Å². The Morgan fingerprint density at radius 1 is 0.550 bits per heavy atom. The zero-order valence-electron chi connectivity index (χ0n) is 33.1. The Hall–Kier alpha value is -7.51. The molecule has 8 bridgehead atoms. The molecule has 60 heavy (non-hydrogen) atoms. The van der Waals surface area contributed by atoms with Gasteiger partial charge in [-0.2, -0.15) is 0 Å². The number of hydrogen-bond donors (Lipinski definition) is 3. The Kier molecular flexibility index (Phi) is 8.73. The molecule has 1 aliphatic carbocycles. The van der Waals surface area contributed by atoms with Gasteiger partial charge in [0.05, 0.1) is 29.4 Å². The van der Waals surface area contributed by atoms with Gasteiger partial charge >= 0.3 is 5.97 Å². The highest BCUT2D eigenvalue weighted by Gasteiger charge is 2.42. The minimum atomic E-state index is -0.321. The van der Waals surface area contributed by atoms with E-state index in [2.05, 4.69) is 161 Å². The first kappa shape index (κ1) is 35.6. The van der Waals surface area contributed by atoms with Crippen LogP contribution in [0.1, 0.15) is 63.2 Å². The summed E-state index contributed by atoms with van der Waals surface area (Å²) < 4.78 is 5.56. The molecule has 0 spiro atoms. The molecular weight excluding hydrogens is 739 g/mol. The second-order valence-electron chi connectivity index (χ2n) is 15.6. The minimum absolute atomic E-state index is 0.0204. The molecule has 0 radical (unpaired) electrons. The van der Waals surface area contributed by atoms with Crippen LogP contribution in [0.3, 0.4) is 0 Å². The van der Waals surface area contributed by atoms with E-state index in [4.69, 9.17) is 14.7 Å². The maximum atomic E-state index is 13.4. The van der Waals surface area contributed by atoms with Crippen LogP contribution in [0.4, 0.5) is 0 Å². The van der Waals surface area contributed by atoms with Crippen LogP contribution in [-0.2, 0) is 17.6 Å². The Balaban J connectivity index is 1.32. The van der Waals surface area contributed by atoms with Crippen LogP contribution in [0.25, 0.3) is 78.7 Å². The topological polar surface area (TPSA) is 99.5 Å². The molecule has 2 atom stereocenters. The molecule has 290 valence electrons. The van der Waals surface area contributed by atoms with E-state index in [0.29, 0.717) is 25.1 Å². The van der Waals surface area contributed by atoms with E-state index in [0.717, 1.165) is 100 Å². The van der Waals surface area contributed by atoms with Crippen LogP contribution >= 0.6 is 0 Å². The van der Waals surface area contributed by atoms with E-state index in [-0.39, 0.29) is 17.8 Å². The van der Waals surface area contributed by atoms with Gasteiger partial charge in [0.1, 0.15) is 5.69 Å². The van der Waals surface area contributed by atoms with Crippen LogP contribution in [0.2, 0.25) is 0 Å². The average molecular weight is 780 g/mol. The van der Waals surface area contributed by atoms with Crippen molar-refractivity contribution >= 4 is 40.2 Å². The summed E-state index contributed by atoms with van der Waals surface area (Å²) in [6.45, 7) is 2.16. The number of nitrogens with one attached hydrogen (secondary N) is 3. The Morgan fingerprint density at radius 2 is 0.967 bits per heavy atom. The van der Waals surface area contributed by atoms with Gasteiger partial charge in [0.25, 0.3) is 0 Å². The third-order valence-corrected chi connectivity index (χ3v) is 12.2. The summed E-state index contributed by atoms with van der Waals surface area (Å²) in [5.41, 5.74) is 18.8. The Bertz CT molecular complexity index is 3120. The summed E-state index contributed by atoms with van der Waals surface area (Å²) in [6.07, 6.45) is 7.62. The van der Waals surface area contributed by atoms with Gasteiger partial charge in [-0.15, -0.1) is 0 Å². The second kappa shape index (κ2) is 14.7. The molecule has 0 saturated heterocycles. The summed E-state index contributed by atoms with van der Waals surface area (Å²) >= 11 is 0. The summed E-state index contributed by atoms with van der Waals surface area (Å²) in [6, 6.07) is 50.9. The molecule has 4 aromatic carbocycles. The van der Waals surface area contributed by atoms with E-state index in [9.17, 15) is 4.79 Å². The van der Waals surface area contributed by atoms with Crippen molar-refractivity contribution in [2.75, 3.05) is 6.61 Å². The average Bonchev–Trinajstić information content (AvgIpc) is 4.16. The highest BCUT2D eigenvalue weighted by molar-refractivity contribution is 5.97. The monoisotopic (exact) mass is 779 g/mol. The predicted molar refractivity (Wildman–Crippen MR) is 241 cm³/mol. The van der Waals surface area contributed by atoms with Gasteiger partial charge in [0.15, 0.2) is 0 Å². The summed E-state index contributed by atoms with van der Waals surface area (Å²) in [7, 11) is 0. The van der Waals surface area contributed by atoms with Gasteiger partial charge < -0.3 is 19.7 Å². The number of rotatable bonds is 6. The summed E-state index contributed by atoms with van der Waals surface area (Å²) in [5.74, 6) is -0.337. The van der Waals surface area contributed by atoms with Gasteiger partial charge in [0, 0.05) is 62.4 Å². The quantitative estimate of drug-likeness (QED) is 0.146. The number of fused-ring (bicyclic) bond motifs is 12. The van der Waals surface area contributed by atoms with Crippen LogP contribution < -0.4 is 0 Å². The molecule has 11 rings (SSSR count). The Morgan fingerprint density at radius 3 is 1.42 bits per heavy atom. The SMILES string of the molecule is CCOC(=O)c1[nH]cc2c1C[C@H]1c3nc(c(-c4ccccc4)c4ccc([nH]4)c(-c4ccccc4)c4nc(c(-c5ccccc5)c5ccc([nH]5)c3-c3ccccc3)C=C4)[C@H]1C2. The molecule has 0 saturated carbocycles. The lowest BCUT2D eigenvalue weighted by molar-refractivity contribution is 0.0518. The number of aromatic nitrogens is 5. The van der Waals surface area contributed by atoms with Gasteiger partial charge in [-0.1, -0.05) is 121 Å². The molecule has 0 unspecified atom stereocenters. The van der Waals surface area contributed by atoms with Crippen LogP contribution in [-0.4, -0.2) is 37.5 Å². The standard InChI is InChI=1S/C53H41N5O2/c1-2-60-53(59)52-37-30-39-38(29-36(37)31-54-52)50-48(34-19-11-5-12-20-34)44-27-25-42(56-44)46(32-15-7-3-8-16-32)40-23-24-41(55-40)47(33-17-9-4-10-18-33)43-26-28-45(57-43)49(51(39)58-50)35-21-13-6-14-22-35/h3-28,31,38-39,54,56-57H,2,29-30H2,1H3/t38-,39+/m0/s1. The fourth-order valence-electron chi connectivity index (χ4n) is 9.59. The number of nitrogens with zero attached hydrogens (tertiary/aromatic N) is 2. The number of ether oxygens (including phenoxy) is 1. The van der Waals surface area contributed by atoms with Crippen molar-refractivity contribution in [2.24, 2.45) is 0 Å². The second-order valence-corrected chi connectivity index (χ2v) is 15.6. The van der Waals surface area contributed by atoms with Crippen molar-refractivity contribution in [3.8, 4) is 44.5 Å². The normalized spacial score (nSPS) is 15.3. The third kappa shape index (κ3) is 6.01. The van der Waals surface area contributed by atoms with Gasteiger partial charge in [-0.3, -0.25) is 4.98 Å². The largest absolute Gasteiger partial charge is 0.461 e. The molecule has 7 nitrogen and oxygen atoms in total. The fourth-order valence-corrected chi connectivity index (χ4v) is 9.59.